The summed E-state index contributed by atoms with van der Waals surface area (Å²) in [5, 5.41) is 12.0. The summed E-state index contributed by atoms with van der Waals surface area (Å²) in [5.41, 5.74) is 0.0724. The third-order valence-electron chi connectivity index (χ3n) is 6.96. The van der Waals surface area contributed by atoms with Crippen LogP contribution in [0.2, 0.25) is 0 Å². The Hall–Kier alpha value is -2.83. The van der Waals surface area contributed by atoms with Crippen molar-refractivity contribution in [1.29, 1.82) is 0 Å². The number of piperidine rings is 1. The zero-order valence-corrected chi connectivity index (χ0v) is 19.9. The summed E-state index contributed by atoms with van der Waals surface area (Å²) < 4.78 is 44.6. The predicted molar refractivity (Wildman–Crippen MR) is 131 cm³/mol. The molecule has 6 heteroatoms. The third-order valence-corrected chi connectivity index (χ3v) is 6.96. The Labute approximate surface area is 205 Å². The summed E-state index contributed by atoms with van der Waals surface area (Å²) in [4.78, 5) is 2.35. The second-order valence-electron chi connectivity index (χ2n) is 9.36. The van der Waals surface area contributed by atoms with E-state index in [0.717, 1.165) is 55.7 Å². The molecule has 0 bridgehead atoms. The minimum atomic E-state index is -4.38. The van der Waals surface area contributed by atoms with E-state index >= 15 is 0 Å². The van der Waals surface area contributed by atoms with E-state index in [1.807, 2.05) is 67.6 Å². The second kappa shape index (κ2) is 10.8. The van der Waals surface area contributed by atoms with Gasteiger partial charge in [0, 0.05) is 6.54 Å². The van der Waals surface area contributed by atoms with E-state index in [-0.39, 0.29) is 17.8 Å². The second-order valence-corrected chi connectivity index (χ2v) is 9.36. The van der Waals surface area contributed by atoms with Gasteiger partial charge in [-0.2, -0.15) is 13.2 Å². The van der Waals surface area contributed by atoms with Crippen molar-refractivity contribution in [1.82, 2.24) is 4.90 Å². The van der Waals surface area contributed by atoms with Gasteiger partial charge in [0.1, 0.15) is 11.4 Å². The number of aliphatic hydroxyl groups is 1. The molecule has 4 rings (SSSR count). The van der Waals surface area contributed by atoms with Crippen LogP contribution in [0.5, 0.6) is 5.75 Å². The first kappa shape index (κ1) is 25.3. The first-order valence-corrected chi connectivity index (χ1v) is 12.2. The molecule has 3 aromatic carbocycles. The van der Waals surface area contributed by atoms with Crippen molar-refractivity contribution in [2.45, 2.75) is 44.1 Å². The Morgan fingerprint density at radius 2 is 1.40 bits per heavy atom. The summed E-state index contributed by atoms with van der Waals surface area (Å²) in [6.45, 7) is 4.38. The highest BCUT2D eigenvalue weighted by molar-refractivity contribution is 5.37. The number of nitrogens with zero attached hydrogens (tertiary/aromatic N) is 1. The molecular weight excluding hydrogens is 451 g/mol. The molecule has 0 aliphatic carbocycles. The molecule has 0 amide bonds. The molecule has 0 radical (unpaired) electrons. The van der Waals surface area contributed by atoms with Gasteiger partial charge in [0.25, 0.3) is 0 Å². The largest absolute Gasteiger partial charge is 0.491 e. The minimum Gasteiger partial charge on any atom is -0.491 e. The smallest absolute Gasteiger partial charge is 0.416 e. The highest BCUT2D eigenvalue weighted by Crippen LogP contribution is 2.42. The van der Waals surface area contributed by atoms with Gasteiger partial charge in [-0.15, -0.1) is 0 Å². The maximum absolute atomic E-state index is 12.9. The molecule has 1 heterocycles. The Bertz CT molecular complexity index is 1020. The van der Waals surface area contributed by atoms with Gasteiger partial charge in [-0.25, -0.2) is 0 Å². The molecule has 3 aromatic rings. The van der Waals surface area contributed by atoms with E-state index < -0.39 is 17.3 Å². The van der Waals surface area contributed by atoms with Gasteiger partial charge in [-0.05, 0) is 74.5 Å². The number of ether oxygens (including phenoxy) is 1. The van der Waals surface area contributed by atoms with Gasteiger partial charge >= 0.3 is 6.18 Å². The summed E-state index contributed by atoms with van der Waals surface area (Å²) in [6.07, 6.45) is -2.18. The predicted octanol–water partition coefficient (Wildman–Crippen LogP) is 6.51. The van der Waals surface area contributed by atoms with Crippen molar-refractivity contribution in [3.63, 3.8) is 0 Å². The summed E-state index contributed by atoms with van der Waals surface area (Å²) in [7, 11) is 0. The topological polar surface area (TPSA) is 32.7 Å². The number of benzene rings is 3. The molecule has 1 aliphatic rings. The van der Waals surface area contributed by atoms with Crippen molar-refractivity contribution in [3.8, 4) is 5.75 Å². The van der Waals surface area contributed by atoms with Crippen molar-refractivity contribution < 1.29 is 23.0 Å². The molecule has 0 spiro atoms. The van der Waals surface area contributed by atoms with Gasteiger partial charge in [0.2, 0.25) is 0 Å². The van der Waals surface area contributed by atoms with Crippen molar-refractivity contribution >= 4 is 0 Å². The fraction of sp³-hybridized carbons (Fsp3) is 0.379. The van der Waals surface area contributed by atoms with Gasteiger partial charge < -0.3 is 14.7 Å². The number of hydrogen-bond donors (Lipinski definition) is 1. The first-order chi connectivity index (χ1) is 16.8. The Morgan fingerprint density at radius 3 is 1.94 bits per heavy atom. The summed E-state index contributed by atoms with van der Waals surface area (Å²) in [5.74, 6) is 0.323. The van der Waals surface area contributed by atoms with Crippen molar-refractivity contribution in [2.24, 2.45) is 5.92 Å². The van der Waals surface area contributed by atoms with E-state index in [9.17, 15) is 18.3 Å². The molecule has 1 unspecified atom stereocenters. The fourth-order valence-corrected chi connectivity index (χ4v) is 5.00. The SMILES string of the molecule is CC(CCN1CCC(C(O)(c2ccccc2)c2ccccc2)CC1)Oc1cccc(C(F)(F)F)c1. The lowest BCUT2D eigenvalue weighted by Crippen LogP contribution is -2.44. The zero-order chi connectivity index (χ0) is 24.9. The van der Waals surface area contributed by atoms with Gasteiger partial charge in [-0.1, -0.05) is 66.7 Å². The molecule has 0 aromatic heterocycles. The molecular formula is C29H32F3NO2. The Balaban J connectivity index is 1.34. The molecule has 1 aliphatic heterocycles. The lowest BCUT2D eigenvalue weighted by molar-refractivity contribution is -0.137. The van der Waals surface area contributed by atoms with Crippen LogP contribution in [-0.2, 0) is 11.8 Å². The van der Waals surface area contributed by atoms with Crippen LogP contribution in [0.3, 0.4) is 0 Å². The maximum Gasteiger partial charge on any atom is 0.416 e. The van der Waals surface area contributed by atoms with Gasteiger partial charge in [0.15, 0.2) is 0 Å². The molecule has 186 valence electrons. The van der Waals surface area contributed by atoms with Crippen LogP contribution in [0.4, 0.5) is 13.2 Å². The quantitative estimate of drug-likeness (QED) is 0.396. The van der Waals surface area contributed by atoms with E-state index in [1.165, 1.54) is 6.07 Å². The van der Waals surface area contributed by atoms with Crippen LogP contribution in [0.25, 0.3) is 0 Å². The molecule has 1 N–H and O–H groups in total. The molecule has 1 saturated heterocycles. The standard InChI is InChI=1S/C29H32F3NO2/c1-22(35-27-14-8-13-26(21-27)29(30,31)32)15-18-33-19-16-25(17-20-33)28(34,23-9-4-2-5-10-23)24-11-6-3-7-12-24/h2-14,21-22,25,34H,15-20H2,1H3. The minimum absolute atomic E-state index is 0.0855. The van der Waals surface area contributed by atoms with Crippen LogP contribution < -0.4 is 4.74 Å². The lowest BCUT2D eigenvalue weighted by Gasteiger charge is -2.42. The third kappa shape index (κ3) is 6.06. The van der Waals surface area contributed by atoms with Gasteiger partial charge in [0.05, 0.1) is 11.7 Å². The molecule has 1 fully saturated rings. The summed E-state index contributed by atoms with van der Waals surface area (Å²) in [6, 6.07) is 24.8. The number of alkyl halides is 3. The summed E-state index contributed by atoms with van der Waals surface area (Å²) >= 11 is 0. The Kier molecular flexibility index (Phi) is 7.82. The van der Waals surface area contributed by atoms with Gasteiger partial charge in [-0.3, -0.25) is 0 Å². The van der Waals surface area contributed by atoms with Crippen LogP contribution in [-0.4, -0.2) is 35.7 Å². The van der Waals surface area contributed by atoms with Crippen LogP contribution in [0, 0.1) is 5.92 Å². The van der Waals surface area contributed by atoms with E-state index in [2.05, 4.69) is 4.90 Å². The molecule has 0 saturated carbocycles. The van der Waals surface area contributed by atoms with E-state index in [1.54, 1.807) is 6.07 Å². The van der Waals surface area contributed by atoms with Crippen molar-refractivity contribution in [2.75, 3.05) is 19.6 Å². The monoisotopic (exact) mass is 483 g/mol. The molecule has 1 atom stereocenters. The normalized spacial score (nSPS) is 16.7. The number of rotatable bonds is 8. The molecule has 3 nitrogen and oxygen atoms in total. The maximum atomic E-state index is 12.9. The van der Waals surface area contributed by atoms with E-state index in [0.29, 0.717) is 6.42 Å². The average molecular weight is 484 g/mol. The number of halogens is 3. The number of hydrogen-bond acceptors (Lipinski definition) is 3. The molecule has 35 heavy (non-hydrogen) atoms. The average Bonchev–Trinajstić information content (AvgIpc) is 2.88. The first-order valence-electron chi connectivity index (χ1n) is 12.2. The van der Waals surface area contributed by atoms with E-state index in [4.69, 9.17) is 4.74 Å². The lowest BCUT2D eigenvalue weighted by atomic mass is 9.72. The van der Waals surface area contributed by atoms with Crippen LogP contribution in [0.1, 0.15) is 42.9 Å². The van der Waals surface area contributed by atoms with Crippen molar-refractivity contribution in [3.05, 3.63) is 102 Å². The zero-order valence-electron chi connectivity index (χ0n) is 19.9. The number of likely N-dealkylation sites (tertiary alicyclic amines) is 1. The Morgan fingerprint density at radius 1 is 0.857 bits per heavy atom. The van der Waals surface area contributed by atoms with Crippen LogP contribution in [0.15, 0.2) is 84.9 Å². The highest BCUT2D eigenvalue weighted by atomic mass is 19.4. The highest BCUT2D eigenvalue weighted by Gasteiger charge is 2.41. The van der Waals surface area contributed by atoms with Crippen LogP contribution >= 0.6 is 0 Å². The fourth-order valence-electron chi connectivity index (χ4n) is 5.00.